The molecule has 0 atom stereocenters. The highest BCUT2D eigenvalue weighted by atomic mass is 16.4. The van der Waals surface area contributed by atoms with Gasteiger partial charge in [-0.15, -0.1) is 0 Å². The summed E-state index contributed by atoms with van der Waals surface area (Å²) < 4.78 is 1.49. The van der Waals surface area contributed by atoms with Crippen LogP contribution in [0, 0.1) is 0 Å². The van der Waals surface area contributed by atoms with Gasteiger partial charge in [-0.2, -0.15) is 5.10 Å². The lowest BCUT2D eigenvalue weighted by atomic mass is 10.1. The number of carboxylic acids is 1. The van der Waals surface area contributed by atoms with E-state index in [9.17, 15) is 4.79 Å². The van der Waals surface area contributed by atoms with E-state index in [4.69, 9.17) is 5.11 Å². The van der Waals surface area contributed by atoms with Crippen LogP contribution < -0.4 is 0 Å². The number of carboxylic acid groups (broad SMARTS) is 1. The van der Waals surface area contributed by atoms with Crippen LogP contribution in [0.2, 0.25) is 0 Å². The average Bonchev–Trinajstić information content (AvgIpc) is 2.89. The number of aromatic nitrogens is 2. The fourth-order valence-corrected chi connectivity index (χ4v) is 1.89. The van der Waals surface area contributed by atoms with Crippen LogP contribution in [0.25, 0.3) is 0 Å². The van der Waals surface area contributed by atoms with E-state index in [1.165, 1.54) is 4.68 Å². The Labute approximate surface area is 82.5 Å². The monoisotopic (exact) mass is 194 g/mol. The van der Waals surface area contributed by atoms with E-state index in [1.54, 1.807) is 7.05 Å². The van der Waals surface area contributed by atoms with Gasteiger partial charge in [-0.05, 0) is 19.3 Å². The number of carbonyl (C=O) groups is 1. The Morgan fingerprint density at radius 2 is 2.29 bits per heavy atom. The Morgan fingerprint density at radius 3 is 2.71 bits per heavy atom. The van der Waals surface area contributed by atoms with E-state index in [-0.39, 0.29) is 0 Å². The van der Waals surface area contributed by atoms with E-state index in [1.807, 2.05) is 6.92 Å². The average molecular weight is 194 g/mol. The summed E-state index contributed by atoms with van der Waals surface area (Å²) in [6, 6.07) is 0. The SMILES string of the molecule is CCc1c(C2CC2)nn(C)c1C(=O)O. The minimum atomic E-state index is -0.872. The molecule has 1 aromatic heterocycles. The molecule has 0 spiro atoms. The van der Waals surface area contributed by atoms with Gasteiger partial charge in [-0.1, -0.05) is 6.92 Å². The number of rotatable bonds is 3. The minimum absolute atomic E-state index is 0.356. The van der Waals surface area contributed by atoms with Crippen molar-refractivity contribution in [1.82, 2.24) is 9.78 Å². The van der Waals surface area contributed by atoms with Crippen LogP contribution in [0.15, 0.2) is 0 Å². The van der Waals surface area contributed by atoms with Gasteiger partial charge in [0, 0.05) is 18.5 Å². The summed E-state index contributed by atoms with van der Waals surface area (Å²) in [7, 11) is 1.70. The Morgan fingerprint density at radius 1 is 1.64 bits per heavy atom. The first-order valence-electron chi connectivity index (χ1n) is 4.94. The number of hydrogen-bond donors (Lipinski definition) is 1. The molecule has 2 rings (SSSR count). The van der Waals surface area contributed by atoms with Crippen molar-refractivity contribution in [3.8, 4) is 0 Å². The summed E-state index contributed by atoms with van der Waals surface area (Å²) >= 11 is 0. The summed E-state index contributed by atoms with van der Waals surface area (Å²) in [4.78, 5) is 11.0. The van der Waals surface area contributed by atoms with Gasteiger partial charge in [0.1, 0.15) is 5.69 Å². The Balaban J connectivity index is 2.51. The maximum absolute atomic E-state index is 11.0. The van der Waals surface area contributed by atoms with E-state index in [2.05, 4.69) is 5.10 Å². The first-order valence-corrected chi connectivity index (χ1v) is 4.94. The van der Waals surface area contributed by atoms with Gasteiger partial charge in [-0.25, -0.2) is 4.79 Å². The molecule has 1 aliphatic rings. The van der Waals surface area contributed by atoms with Crippen LogP contribution in [0.1, 0.15) is 47.4 Å². The van der Waals surface area contributed by atoms with Crippen LogP contribution in [-0.2, 0) is 13.5 Å². The first-order chi connectivity index (χ1) is 6.65. The molecular formula is C10H14N2O2. The second-order valence-corrected chi connectivity index (χ2v) is 3.77. The van der Waals surface area contributed by atoms with Crippen molar-refractivity contribution < 1.29 is 9.90 Å². The van der Waals surface area contributed by atoms with Crippen LogP contribution >= 0.6 is 0 Å². The van der Waals surface area contributed by atoms with Crippen molar-refractivity contribution in [3.63, 3.8) is 0 Å². The number of nitrogens with zero attached hydrogens (tertiary/aromatic N) is 2. The molecule has 1 N–H and O–H groups in total. The lowest BCUT2D eigenvalue weighted by Gasteiger charge is -1.98. The molecule has 0 saturated heterocycles. The number of hydrogen-bond acceptors (Lipinski definition) is 2. The molecule has 4 nitrogen and oxygen atoms in total. The zero-order chi connectivity index (χ0) is 10.3. The second kappa shape index (κ2) is 3.12. The van der Waals surface area contributed by atoms with Crippen molar-refractivity contribution in [2.45, 2.75) is 32.1 Å². The topological polar surface area (TPSA) is 55.1 Å². The third-order valence-corrected chi connectivity index (χ3v) is 2.70. The third-order valence-electron chi connectivity index (χ3n) is 2.70. The molecule has 0 bridgehead atoms. The van der Waals surface area contributed by atoms with E-state index in [0.717, 1.165) is 30.5 Å². The molecule has 1 fully saturated rings. The quantitative estimate of drug-likeness (QED) is 0.794. The summed E-state index contributed by atoms with van der Waals surface area (Å²) in [5.74, 6) is -0.354. The largest absolute Gasteiger partial charge is 0.477 e. The van der Waals surface area contributed by atoms with Gasteiger partial charge in [-0.3, -0.25) is 4.68 Å². The third kappa shape index (κ3) is 1.31. The minimum Gasteiger partial charge on any atom is -0.477 e. The predicted octanol–water partition coefficient (Wildman–Crippen LogP) is 1.56. The molecule has 0 aromatic carbocycles. The number of aromatic carboxylic acids is 1. The van der Waals surface area contributed by atoms with E-state index in [0.29, 0.717) is 11.6 Å². The molecule has 1 heterocycles. The van der Waals surface area contributed by atoms with Crippen LogP contribution in [0.3, 0.4) is 0 Å². The van der Waals surface area contributed by atoms with Crippen molar-refractivity contribution in [2.75, 3.05) is 0 Å². The number of aryl methyl sites for hydroxylation is 1. The Kier molecular flexibility index (Phi) is 2.06. The van der Waals surface area contributed by atoms with Crippen LogP contribution in [-0.4, -0.2) is 20.9 Å². The van der Waals surface area contributed by atoms with Crippen LogP contribution in [0.5, 0.6) is 0 Å². The molecule has 4 heteroatoms. The Hall–Kier alpha value is -1.32. The lowest BCUT2D eigenvalue weighted by molar-refractivity contribution is 0.0684. The molecular weight excluding hydrogens is 180 g/mol. The fraction of sp³-hybridized carbons (Fsp3) is 0.600. The predicted molar refractivity (Wildman–Crippen MR) is 51.5 cm³/mol. The van der Waals surface area contributed by atoms with Gasteiger partial charge in [0.25, 0.3) is 0 Å². The fourth-order valence-electron chi connectivity index (χ4n) is 1.89. The summed E-state index contributed by atoms with van der Waals surface area (Å²) in [6.07, 6.45) is 3.06. The zero-order valence-corrected chi connectivity index (χ0v) is 8.45. The van der Waals surface area contributed by atoms with Crippen molar-refractivity contribution in [1.29, 1.82) is 0 Å². The molecule has 1 aliphatic carbocycles. The van der Waals surface area contributed by atoms with E-state index >= 15 is 0 Å². The Bertz CT molecular complexity index is 378. The standard InChI is InChI=1S/C10H14N2O2/c1-3-7-8(6-4-5-6)11-12(2)9(7)10(13)14/h6H,3-5H2,1-2H3,(H,13,14). The van der Waals surface area contributed by atoms with Gasteiger partial charge in [0.2, 0.25) is 0 Å². The molecule has 1 aromatic rings. The molecule has 0 amide bonds. The second-order valence-electron chi connectivity index (χ2n) is 3.77. The highest BCUT2D eigenvalue weighted by molar-refractivity contribution is 5.87. The van der Waals surface area contributed by atoms with Gasteiger partial charge < -0.3 is 5.11 Å². The summed E-state index contributed by atoms with van der Waals surface area (Å²) in [5, 5.41) is 13.3. The van der Waals surface area contributed by atoms with Gasteiger partial charge in [0.05, 0.1) is 5.69 Å². The first kappa shape index (κ1) is 9.24. The van der Waals surface area contributed by atoms with Crippen molar-refractivity contribution in [2.24, 2.45) is 7.05 Å². The maximum Gasteiger partial charge on any atom is 0.354 e. The summed E-state index contributed by atoms with van der Waals surface area (Å²) in [6.45, 7) is 1.98. The highest BCUT2D eigenvalue weighted by Gasteiger charge is 2.31. The molecule has 14 heavy (non-hydrogen) atoms. The zero-order valence-electron chi connectivity index (χ0n) is 8.45. The molecule has 1 saturated carbocycles. The summed E-state index contributed by atoms with van der Waals surface area (Å²) in [5.41, 5.74) is 2.28. The van der Waals surface area contributed by atoms with Crippen molar-refractivity contribution >= 4 is 5.97 Å². The molecule has 76 valence electrons. The van der Waals surface area contributed by atoms with Gasteiger partial charge in [0.15, 0.2) is 0 Å². The van der Waals surface area contributed by atoms with Crippen molar-refractivity contribution in [3.05, 3.63) is 17.0 Å². The lowest BCUT2D eigenvalue weighted by Crippen LogP contribution is -2.07. The molecule has 0 aliphatic heterocycles. The maximum atomic E-state index is 11.0. The molecule has 0 unspecified atom stereocenters. The normalized spacial score (nSPS) is 15.9. The van der Waals surface area contributed by atoms with Crippen LogP contribution in [0.4, 0.5) is 0 Å². The molecule has 0 radical (unpaired) electrons. The van der Waals surface area contributed by atoms with Gasteiger partial charge >= 0.3 is 5.97 Å². The smallest absolute Gasteiger partial charge is 0.354 e. The highest BCUT2D eigenvalue weighted by Crippen LogP contribution is 2.41. The van der Waals surface area contributed by atoms with E-state index < -0.39 is 5.97 Å².